The third-order valence-corrected chi connectivity index (χ3v) is 3.88. The van der Waals surface area contributed by atoms with Crippen LogP contribution in [0, 0.1) is 5.92 Å². The number of fused-ring (bicyclic) bond motifs is 2. The van der Waals surface area contributed by atoms with Gasteiger partial charge in [-0.2, -0.15) is 0 Å². The maximum Gasteiger partial charge on any atom is 0.233 e. The van der Waals surface area contributed by atoms with Crippen molar-refractivity contribution in [1.82, 2.24) is 9.97 Å². The normalized spacial score (nSPS) is 16.8. The van der Waals surface area contributed by atoms with Crippen molar-refractivity contribution >= 4 is 22.9 Å². The van der Waals surface area contributed by atoms with Gasteiger partial charge in [0.1, 0.15) is 12.4 Å². The molecule has 1 amide bonds. The van der Waals surface area contributed by atoms with Crippen LogP contribution in [0.25, 0.3) is 11.0 Å². The number of ether oxygens (including phenoxy) is 1. The van der Waals surface area contributed by atoms with Crippen LogP contribution < -0.4 is 10.1 Å². The lowest BCUT2D eigenvalue weighted by Crippen LogP contribution is -2.32. The first-order valence-corrected chi connectivity index (χ1v) is 7.26. The highest BCUT2D eigenvalue weighted by Gasteiger charge is 2.26. The molecule has 1 aliphatic heterocycles. The van der Waals surface area contributed by atoms with Crippen LogP contribution in [0.1, 0.15) is 5.56 Å². The van der Waals surface area contributed by atoms with Crippen molar-refractivity contribution in [2.75, 3.05) is 11.9 Å². The maximum absolute atomic E-state index is 12.4. The summed E-state index contributed by atoms with van der Waals surface area (Å²) in [7, 11) is 0. The fourth-order valence-corrected chi connectivity index (χ4v) is 2.73. The Labute approximate surface area is 127 Å². The summed E-state index contributed by atoms with van der Waals surface area (Å²) >= 11 is 0. The molecule has 0 bridgehead atoms. The molecule has 4 rings (SSSR count). The summed E-state index contributed by atoms with van der Waals surface area (Å²) in [5, 5.41) is 2.85. The number of amides is 1. The molecule has 0 spiro atoms. The summed E-state index contributed by atoms with van der Waals surface area (Å²) in [6.07, 6.45) is 0.683. The van der Waals surface area contributed by atoms with Crippen LogP contribution in [0.2, 0.25) is 0 Å². The lowest BCUT2D eigenvalue weighted by atomic mass is 9.96. The molecular formula is C17H15N3O2. The van der Waals surface area contributed by atoms with Crippen LogP contribution in [-0.4, -0.2) is 22.5 Å². The number of aromatic nitrogens is 2. The predicted molar refractivity (Wildman–Crippen MR) is 83.9 cm³/mol. The zero-order chi connectivity index (χ0) is 14.9. The van der Waals surface area contributed by atoms with Gasteiger partial charge in [-0.15, -0.1) is 0 Å². The zero-order valence-electron chi connectivity index (χ0n) is 11.9. The molecule has 5 nitrogen and oxygen atoms in total. The van der Waals surface area contributed by atoms with Gasteiger partial charge in [-0.25, -0.2) is 4.98 Å². The highest BCUT2D eigenvalue weighted by atomic mass is 16.5. The molecule has 1 aliphatic rings. The molecule has 0 radical (unpaired) electrons. The van der Waals surface area contributed by atoms with Gasteiger partial charge in [0, 0.05) is 0 Å². The van der Waals surface area contributed by atoms with E-state index in [0.717, 1.165) is 22.3 Å². The Kier molecular flexibility index (Phi) is 3.04. The van der Waals surface area contributed by atoms with Gasteiger partial charge in [-0.05, 0) is 30.2 Å². The van der Waals surface area contributed by atoms with E-state index in [9.17, 15) is 4.79 Å². The summed E-state index contributed by atoms with van der Waals surface area (Å²) in [4.78, 5) is 19.9. The molecule has 0 saturated heterocycles. The Morgan fingerprint density at radius 2 is 2.00 bits per heavy atom. The number of H-pyrrole nitrogens is 1. The third kappa shape index (κ3) is 2.30. The number of nitrogens with one attached hydrogen (secondary N) is 2. The average Bonchev–Trinajstić information content (AvgIpc) is 2.96. The molecule has 2 heterocycles. The van der Waals surface area contributed by atoms with Crippen molar-refractivity contribution in [3.63, 3.8) is 0 Å². The minimum atomic E-state index is -0.205. The van der Waals surface area contributed by atoms with E-state index in [0.29, 0.717) is 19.0 Å². The first-order chi connectivity index (χ1) is 10.8. The molecule has 0 aliphatic carbocycles. The van der Waals surface area contributed by atoms with Gasteiger partial charge in [0.15, 0.2) is 0 Å². The minimum Gasteiger partial charge on any atom is -0.492 e. The number of nitrogens with zero attached hydrogens (tertiary/aromatic N) is 1. The van der Waals surface area contributed by atoms with Crippen molar-refractivity contribution in [3.8, 4) is 5.75 Å². The molecule has 0 saturated carbocycles. The number of rotatable bonds is 2. The van der Waals surface area contributed by atoms with Gasteiger partial charge in [0.2, 0.25) is 11.9 Å². The van der Waals surface area contributed by atoms with Crippen LogP contribution >= 0.6 is 0 Å². The number of benzene rings is 2. The summed E-state index contributed by atoms with van der Waals surface area (Å²) in [6, 6.07) is 15.5. The predicted octanol–water partition coefficient (Wildman–Crippen LogP) is 2.75. The van der Waals surface area contributed by atoms with E-state index in [4.69, 9.17) is 4.74 Å². The summed E-state index contributed by atoms with van der Waals surface area (Å²) < 4.78 is 5.66. The van der Waals surface area contributed by atoms with Gasteiger partial charge in [-0.1, -0.05) is 30.3 Å². The third-order valence-electron chi connectivity index (χ3n) is 3.88. The van der Waals surface area contributed by atoms with Gasteiger partial charge in [-0.3, -0.25) is 10.1 Å². The second kappa shape index (κ2) is 5.18. The molecule has 2 aromatic carbocycles. The molecule has 0 unspecified atom stereocenters. The summed E-state index contributed by atoms with van der Waals surface area (Å²) in [5.41, 5.74) is 2.81. The number of carbonyl (C=O) groups is 1. The van der Waals surface area contributed by atoms with E-state index in [2.05, 4.69) is 15.3 Å². The second-order valence-electron chi connectivity index (χ2n) is 5.41. The monoisotopic (exact) mass is 293 g/mol. The van der Waals surface area contributed by atoms with Crippen molar-refractivity contribution in [1.29, 1.82) is 0 Å². The lowest BCUT2D eigenvalue weighted by Gasteiger charge is -2.24. The Bertz CT molecular complexity index is 808. The molecule has 110 valence electrons. The van der Waals surface area contributed by atoms with Gasteiger partial charge in [0.25, 0.3) is 0 Å². The molecule has 22 heavy (non-hydrogen) atoms. The lowest BCUT2D eigenvalue weighted by molar-refractivity contribution is -0.121. The van der Waals surface area contributed by atoms with E-state index in [-0.39, 0.29) is 11.8 Å². The van der Waals surface area contributed by atoms with Gasteiger partial charge < -0.3 is 9.72 Å². The number of aromatic amines is 1. The van der Waals surface area contributed by atoms with Crippen molar-refractivity contribution in [3.05, 3.63) is 54.1 Å². The number of carbonyl (C=O) groups excluding carboxylic acids is 1. The quantitative estimate of drug-likeness (QED) is 0.763. The molecule has 3 aromatic rings. The van der Waals surface area contributed by atoms with E-state index in [1.807, 2.05) is 48.5 Å². The smallest absolute Gasteiger partial charge is 0.233 e. The fourth-order valence-electron chi connectivity index (χ4n) is 2.73. The molecule has 1 atom stereocenters. The van der Waals surface area contributed by atoms with Crippen LogP contribution in [0.3, 0.4) is 0 Å². The van der Waals surface area contributed by atoms with Crippen LogP contribution in [-0.2, 0) is 11.2 Å². The minimum absolute atomic E-state index is 0.0754. The number of para-hydroxylation sites is 3. The average molecular weight is 293 g/mol. The van der Waals surface area contributed by atoms with Crippen LogP contribution in [0.4, 0.5) is 5.95 Å². The van der Waals surface area contributed by atoms with Crippen LogP contribution in [0.15, 0.2) is 48.5 Å². The molecular weight excluding hydrogens is 278 g/mol. The van der Waals surface area contributed by atoms with Gasteiger partial charge in [0.05, 0.1) is 17.0 Å². The van der Waals surface area contributed by atoms with Crippen molar-refractivity contribution < 1.29 is 9.53 Å². The second-order valence-corrected chi connectivity index (χ2v) is 5.41. The Balaban J connectivity index is 1.51. The standard InChI is InChI=1S/C17H15N3O2/c21-16(12-9-11-5-1-4-8-15(11)22-10-12)20-17-18-13-6-2-3-7-14(13)19-17/h1-8,12H,9-10H2,(H2,18,19,20,21)/t12-/m0/s1. The van der Waals surface area contributed by atoms with E-state index in [1.54, 1.807) is 0 Å². The number of imidazole rings is 1. The molecule has 0 fully saturated rings. The van der Waals surface area contributed by atoms with E-state index >= 15 is 0 Å². The SMILES string of the molecule is O=C(Nc1nc2ccccc2[nH]1)[C@@H]1COc2ccccc2C1. The van der Waals surface area contributed by atoms with Crippen molar-refractivity contribution in [2.24, 2.45) is 5.92 Å². The molecule has 2 N–H and O–H groups in total. The van der Waals surface area contributed by atoms with E-state index in [1.165, 1.54) is 0 Å². The van der Waals surface area contributed by atoms with Crippen LogP contribution in [0.5, 0.6) is 5.75 Å². The van der Waals surface area contributed by atoms with E-state index < -0.39 is 0 Å². The Morgan fingerprint density at radius 3 is 2.91 bits per heavy atom. The largest absolute Gasteiger partial charge is 0.492 e. The highest BCUT2D eigenvalue weighted by molar-refractivity contribution is 5.93. The fraction of sp³-hybridized carbons (Fsp3) is 0.176. The first-order valence-electron chi connectivity index (χ1n) is 7.26. The molecule has 1 aromatic heterocycles. The number of hydrogen-bond donors (Lipinski definition) is 2. The zero-order valence-corrected chi connectivity index (χ0v) is 11.9. The maximum atomic E-state index is 12.4. The topological polar surface area (TPSA) is 67.0 Å². The van der Waals surface area contributed by atoms with Crippen molar-refractivity contribution in [2.45, 2.75) is 6.42 Å². The Morgan fingerprint density at radius 1 is 1.18 bits per heavy atom. The highest BCUT2D eigenvalue weighted by Crippen LogP contribution is 2.27. The Hall–Kier alpha value is -2.82. The summed E-state index contributed by atoms with van der Waals surface area (Å²) in [5.74, 6) is 1.07. The molecule has 5 heteroatoms. The first kappa shape index (κ1) is 12.9. The number of anilines is 1. The summed E-state index contributed by atoms with van der Waals surface area (Å²) in [6.45, 7) is 0.392. The van der Waals surface area contributed by atoms with Gasteiger partial charge >= 0.3 is 0 Å². The number of hydrogen-bond acceptors (Lipinski definition) is 3.